The van der Waals surface area contributed by atoms with Crippen LogP contribution in [0.3, 0.4) is 0 Å². The van der Waals surface area contributed by atoms with Crippen molar-refractivity contribution in [2.75, 3.05) is 37.9 Å². The van der Waals surface area contributed by atoms with Gasteiger partial charge in [-0.2, -0.15) is 4.98 Å². The van der Waals surface area contributed by atoms with Gasteiger partial charge in [-0.05, 0) is 38.1 Å². The minimum atomic E-state index is -3.77. The highest BCUT2D eigenvalue weighted by Crippen LogP contribution is 2.28. The third-order valence-corrected chi connectivity index (χ3v) is 6.04. The van der Waals surface area contributed by atoms with Crippen LogP contribution in [0.15, 0.2) is 53.4 Å². The lowest BCUT2D eigenvalue weighted by molar-refractivity contribution is 0.386. The second-order valence-electron chi connectivity index (χ2n) is 7.05. The first kappa shape index (κ1) is 23.3. The minimum absolute atomic E-state index is 0.0391. The molecule has 1 aromatic heterocycles. The maximum Gasteiger partial charge on any atom is 0.244 e. The van der Waals surface area contributed by atoms with Crippen molar-refractivity contribution in [1.82, 2.24) is 14.7 Å². The molecule has 10 heteroatoms. The third-order valence-electron chi connectivity index (χ3n) is 4.54. The second kappa shape index (κ2) is 10.3. The smallest absolute Gasteiger partial charge is 0.244 e. The van der Waals surface area contributed by atoms with Crippen molar-refractivity contribution in [2.24, 2.45) is 0 Å². The molecule has 0 amide bonds. The molecule has 9 nitrogen and oxygen atoms in total. The second-order valence-corrected chi connectivity index (χ2v) is 8.79. The fourth-order valence-electron chi connectivity index (χ4n) is 2.93. The number of ether oxygens (including phenoxy) is 2. The van der Waals surface area contributed by atoms with Crippen LogP contribution in [0.1, 0.15) is 11.3 Å². The predicted octanol–water partition coefficient (Wildman–Crippen LogP) is 3.24. The van der Waals surface area contributed by atoms with Crippen LogP contribution in [-0.2, 0) is 10.0 Å². The van der Waals surface area contributed by atoms with Crippen LogP contribution < -0.4 is 24.8 Å². The van der Waals surface area contributed by atoms with Gasteiger partial charge in [0.15, 0.2) is 0 Å². The number of nitrogens with one attached hydrogen (secondary N) is 3. The summed E-state index contributed by atoms with van der Waals surface area (Å²) in [7, 11) is -0.855. The zero-order valence-corrected chi connectivity index (χ0v) is 19.3. The van der Waals surface area contributed by atoms with Gasteiger partial charge in [0.25, 0.3) is 0 Å². The number of nitrogens with zero attached hydrogens (tertiary/aromatic N) is 2. The molecule has 0 unspecified atom stereocenters. The zero-order valence-electron chi connectivity index (χ0n) is 18.5. The summed E-state index contributed by atoms with van der Waals surface area (Å²) in [5.74, 6) is 1.76. The number of aromatic nitrogens is 2. The Balaban J connectivity index is 1.60. The van der Waals surface area contributed by atoms with Gasteiger partial charge in [-0.3, -0.25) is 0 Å². The van der Waals surface area contributed by atoms with Gasteiger partial charge >= 0.3 is 0 Å². The molecular formula is C22H27N5O4S. The zero-order chi connectivity index (χ0) is 23.1. The SMILES string of the molecule is COc1ccc(S(=O)(=O)NCCNc2nc(C)cc(Nc3ccc(C)cc3)n2)c(OC)c1. The Morgan fingerprint density at radius 3 is 2.34 bits per heavy atom. The summed E-state index contributed by atoms with van der Waals surface area (Å²) in [5.41, 5.74) is 2.87. The van der Waals surface area contributed by atoms with Crippen LogP contribution in [0, 0.1) is 13.8 Å². The lowest BCUT2D eigenvalue weighted by Gasteiger charge is -2.13. The summed E-state index contributed by atoms with van der Waals surface area (Å²) in [6.07, 6.45) is 0. The van der Waals surface area contributed by atoms with Gasteiger partial charge in [0, 0.05) is 36.6 Å². The minimum Gasteiger partial charge on any atom is -0.497 e. The van der Waals surface area contributed by atoms with Crippen molar-refractivity contribution in [3.63, 3.8) is 0 Å². The number of aryl methyl sites for hydroxylation is 2. The maximum absolute atomic E-state index is 12.7. The Kier molecular flexibility index (Phi) is 7.49. The number of methoxy groups -OCH3 is 2. The Morgan fingerprint density at radius 2 is 1.66 bits per heavy atom. The van der Waals surface area contributed by atoms with Crippen molar-refractivity contribution in [2.45, 2.75) is 18.7 Å². The van der Waals surface area contributed by atoms with E-state index in [-0.39, 0.29) is 17.2 Å². The van der Waals surface area contributed by atoms with Crippen molar-refractivity contribution in [3.05, 3.63) is 59.8 Å². The van der Waals surface area contributed by atoms with E-state index in [4.69, 9.17) is 9.47 Å². The van der Waals surface area contributed by atoms with E-state index in [0.717, 1.165) is 11.4 Å². The van der Waals surface area contributed by atoms with Crippen molar-refractivity contribution < 1.29 is 17.9 Å². The van der Waals surface area contributed by atoms with Crippen LogP contribution in [0.25, 0.3) is 0 Å². The number of hydrogen-bond donors (Lipinski definition) is 3. The van der Waals surface area contributed by atoms with Gasteiger partial charge in [0.05, 0.1) is 14.2 Å². The molecule has 0 spiro atoms. The molecule has 0 aliphatic rings. The van der Waals surface area contributed by atoms with Crippen molar-refractivity contribution in [1.29, 1.82) is 0 Å². The summed E-state index contributed by atoms with van der Waals surface area (Å²) in [6, 6.07) is 14.3. The van der Waals surface area contributed by atoms with E-state index in [9.17, 15) is 8.42 Å². The van der Waals surface area contributed by atoms with E-state index in [1.807, 2.05) is 44.2 Å². The highest BCUT2D eigenvalue weighted by Gasteiger charge is 2.19. The van der Waals surface area contributed by atoms with Crippen LogP contribution in [0.2, 0.25) is 0 Å². The average Bonchev–Trinajstić information content (AvgIpc) is 2.77. The third kappa shape index (κ3) is 6.08. The lowest BCUT2D eigenvalue weighted by atomic mass is 10.2. The van der Waals surface area contributed by atoms with Gasteiger partial charge in [-0.25, -0.2) is 18.1 Å². The molecule has 0 radical (unpaired) electrons. The lowest BCUT2D eigenvalue weighted by Crippen LogP contribution is -2.29. The summed E-state index contributed by atoms with van der Waals surface area (Å²) in [5, 5.41) is 6.30. The average molecular weight is 458 g/mol. The topological polar surface area (TPSA) is 114 Å². The van der Waals surface area contributed by atoms with Crippen molar-refractivity contribution in [3.8, 4) is 11.5 Å². The molecule has 0 aliphatic carbocycles. The fraction of sp³-hybridized carbons (Fsp3) is 0.273. The molecule has 3 N–H and O–H groups in total. The molecule has 0 aliphatic heterocycles. The summed E-state index contributed by atoms with van der Waals surface area (Å²) < 4.78 is 38.2. The molecule has 32 heavy (non-hydrogen) atoms. The summed E-state index contributed by atoms with van der Waals surface area (Å²) >= 11 is 0. The fourth-order valence-corrected chi connectivity index (χ4v) is 4.11. The largest absolute Gasteiger partial charge is 0.497 e. The molecular weight excluding hydrogens is 430 g/mol. The predicted molar refractivity (Wildman–Crippen MR) is 124 cm³/mol. The first-order chi connectivity index (χ1) is 15.3. The number of benzene rings is 2. The van der Waals surface area contributed by atoms with E-state index < -0.39 is 10.0 Å². The molecule has 170 valence electrons. The Bertz CT molecular complexity index is 1170. The van der Waals surface area contributed by atoms with E-state index >= 15 is 0 Å². The molecule has 3 aromatic rings. The molecule has 0 atom stereocenters. The Hall–Kier alpha value is -3.37. The molecule has 2 aromatic carbocycles. The van der Waals surface area contributed by atoms with E-state index in [2.05, 4.69) is 25.3 Å². The maximum atomic E-state index is 12.7. The quantitative estimate of drug-likeness (QED) is 0.398. The van der Waals surface area contributed by atoms with Crippen LogP contribution in [0.5, 0.6) is 11.5 Å². The highest BCUT2D eigenvalue weighted by molar-refractivity contribution is 7.89. The molecule has 0 saturated heterocycles. The van der Waals surface area contributed by atoms with Gasteiger partial charge in [0.1, 0.15) is 22.2 Å². The van der Waals surface area contributed by atoms with Gasteiger partial charge in [0.2, 0.25) is 16.0 Å². The van der Waals surface area contributed by atoms with Gasteiger partial charge in [-0.15, -0.1) is 0 Å². The molecule has 0 saturated carbocycles. The van der Waals surface area contributed by atoms with E-state index in [1.165, 1.54) is 31.9 Å². The highest BCUT2D eigenvalue weighted by atomic mass is 32.2. The molecule has 1 heterocycles. The molecule has 0 fully saturated rings. The van der Waals surface area contributed by atoms with E-state index in [0.29, 0.717) is 24.1 Å². The first-order valence-electron chi connectivity index (χ1n) is 9.95. The molecule has 3 rings (SSSR count). The number of rotatable bonds is 10. The van der Waals surface area contributed by atoms with Crippen LogP contribution >= 0.6 is 0 Å². The number of sulfonamides is 1. The van der Waals surface area contributed by atoms with E-state index in [1.54, 1.807) is 6.07 Å². The Labute approximate surface area is 188 Å². The van der Waals surface area contributed by atoms with Gasteiger partial charge < -0.3 is 20.1 Å². The van der Waals surface area contributed by atoms with Crippen LogP contribution in [0.4, 0.5) is 17.5 Å². The molecule has 0 bridgehead atoms. The summed E-state index contributed by atoms with van der Waals surface area (Å²) in [4.78, 5) is 8.84. The van der Waals surface area contributed by atoms with Gasteiger partial charge in [-0.1, -0.05) is 17.7 Å². The Morgan fingerprint density at radius 1 is 0.906 bits per heavy atom. The van der Waals surface area contributed by atoms with Crippen LogP contribution in [-0.4, -0.2) is 45.7 Å². The first-order valence-corrected chi connectivity index (χ1v) is 11.4. The number of anilines is 3. The van der Waals surface area contributed by atoms with Crippen molar-refractivity contribution >= 4 is 27.5 Å². The normalized spacial score (nSPS) is 11.1. The monoisotopic (exact) mass is 457 g/mol. The standard InChI is InChI=1S/C22H27N5O4S/c1-15-5-7-17(8-6-15)26-21-13-16(2)25-22(27-21)23-11-12-24-32(28,29)20-10-9-18(30-3)14-19(20)31-4/h5-10,13-14,24H,11-12H2,1-4H3,(H2,23,25,26,27). The summed E-state index contributed by atoms with van der Waals surface area (Å²) in [6.45, 7) is 4.33. The number of hydrogen-bond acceptors (Lipinski definition) is 8.